The Hall–Kier alpha value is -2.78. The minimum atomic E-state index is -3.93. The summed E-state index contributed by atoms with van der Waals surface area (Å²) in [6.07, 6.45) is 15.5. The summed E-state index contributed by atoms with van der Waals surface area (Å²) in [5, 5.41) is 0. The Balaban J connectivity index is 0.000000762. The molecule has 10 radical (unpaired) electrons. The van der Waals surface area contributed by atoms with E-state index in [4.69, 9.17) is 0 Å². The summed E-state index contributed by atoms with van der Waals surface area (Å²) in [6.45, 7) is 3.79. The molecule has 4 aromatic rings. The second kappa shape index (κ2) is 17.0. The number of rotatable bonds is 10. The second-order valence-electron chi connectivity index (χ2n) is 11.0. The van der Waals surface area contributed by atoms with E-state index >= 15 is 0 Å². The molecule has 0 amide bonds. The maximum atomic E-state index is 13.6. The smallest absolute Gasteiger partial charge is 0.207 e. The zero-order chi connectivity index (χ0) is 32.6. The molecule has 4 aromatic carbocycles. The van der Waals surface area contributed by atoms with Gasteiger partial charge in [0, 0.05) is 11.8 Å². The number of sulfonamides is 2. The van der Waals surface area contributed by atoms with Crippen LogP contribution in [0.5, 0.6) is 0 Å². The molecule has 0 saturated heterocycles. The van der Waals surface area contributed by atoms with Gasteiger partial charge in [0.1, 0.15) is 0 Å². The Morgan fingerprint density at radius 2 is 0.766 bits per heavy atom. The first kappa shape index (κ1) is 37.0. The van der Waals surface area contributed by atoms with Crippen LogP contribution >= 0.6 is 0 Å². The molecule has 0 spiro atoms. The van der Waals surface area contributed by atoms with E-state index in [0.717, 1.165) is 22.3 Å². The molecule has 0 heterocycles. The number of hydrogen-bond donors (Lipinski definition) is 2. The first-order valence-corrected chi connectivity index (χ1v) is 17.8. The minimum Gasteiger partial charge on any atom is -0.207 e. The van der Waals surface area contributed by atoms with Crippen molar-refractivity contribution in [1.82, 2.24) is 9.44 Å². The van der Waals surface area contributed by atoms with E-state index in [-0.39, 0.29) is 26.9 Å². The number of aryl methyl sites for hydroxylation is 2. The van der Waals surface area contributed by atoms with E-state index in [0.29, 0.717) is 11.8 Å². The second-order valence-corrected chi connectivity index (χ2v) is 14.4. The quantitative estimate of drug-likeness (QED) is 0.177. The Morgan fingerprint density at radius 1 is 0.447 bits per heavy atom. The molecule has 6 rings (SSSR count). The summed E-state index contributed by atoms with van der Waals surface area (Å²) in [5.41, 5.74) is 3.36. The normalized spacial score (nSPS) is 16.9. The maximum absolute atomic E-state index is 13.6. The van der Waals surface area contributed by atoms with E-state index in [1.54, 1.807) is 48.5 Å². The molecule has 2 saturated carbocycles. The molecule has 2 aliphatic carbocycles. The summed E-state index contributed by atoms with van der Waals surface area (Å²) in [6, 6.07) is 30.3. The number of benzene rings is 4. The zero-order valence-corrected chi connectivity index (χ0v) is 28.7. The Morgan fingerprint density at radius 3 is 1.09 bits per heavy atom. The molecule has 6 nitrogen and oxygen atoms in total. The van der Waals surface area contributed by atoms with Crippen molar-refractivity contribution < 1.29 is 33.9 Å². The van der Waals surface area contributed by atoms with Crippen LogP contribution in [-0.4, -0.2) is 16.8 Å². The molecule has 2 atom stereocenters. The Bertz CT molecular complexity index is 1610. The third-order valence-electron chi connectivity index (χ3n) is 7.54. The van der Waals surface area contributed by atoms with Crippen molar-refractivity contribution in [3.05, 3.63) is 195 Å². The monoisotopic (exact) mass is 704 g/mol. The van der Waals surface area contributed by atoms with Crippen molar-refractivity contribution in [3.63, 3.8) is 0 Å². The van der Waals surface area contributed by atoms with Crippen LogP contribution in [0.4, 0.5) is 0 Å². The molecule has 0 unspecified atom stereocenters. The molecule has 2 fully saturated rings. The van der Waals surface area contributed by atoms with Gasteiger partial charge in [-0.15, -0.1) is 0 Å². The third-order valence-corrected chi connectivity index (χ3v) is 10.4. The van der Waals surface area contributed by atoms with Crippen LogP contribution in [0.3, 0.4) is 0 Å². The predicted molar refractivity (Wildman–Crippen MR) is 182 cm³/mol. The third kappa shape index (κ3) is 9.88. The van der Waals surface area contributed by atoms with Crippen molar-refractivity contribution in [2.24, 2.45) is 0 Å². The van der Waals surface area contributed by atoms with Crippen LogP contribution in [0.2, 0.25) is 0 Å². The predicted octanol–water partition coefficient (Wildman–Crippen LogP) is 6.84. The number of nitrogens with one attached hydrogen (secondary N) is 2. The van der Waals surface area contributed by atoms with Gasteiger partial charge in [-0.3, -0.25) is 0 Å². The topological polar surface area (TPSA) is 92.3 Å². The van der Waals surface area contributed by atoms with Crippen molar-refractivity contribution in [2.75, 3.05) is 0 Å². The van der Waals surface area contributed by atoms with Gasteiger partial charge in [0.05, 0.1) is 21.9 Å². The van der Waals surface area contributed by atoms with Crippen molar-refractivity contribution >= 4 is 20.0 Å². The summed E-state index contributed by atoms with van der Waals surface area (Å²) >= 11 is 0. The van der Waals surface area contributed by atoms with Gasteiger partial charge >= 0.3 is 17.1 Å². The van der Waals surface area contributed by atoms with Gasteiger partial charge in [0.25, 0.3) is 0 Å². The van der Waals surface area contributed by atoms with Crippen LogP contribution < -0.4 is 9.44 Å². The molecular formula is C38H36FeN2O4S2+2. The average Bonchev–Trinajstić information content (AvgIpc) is 3.80. The summed E-state index contributed by atoms with van der Waals surface area (Å²) in [5.74, 6) is 1.29. The Kier molecular flexibility index (Phi) is 13.4. The van der Waals surface area contributed by atoms with Crippen LogP contribution in [0.15, 0.2) is 119 Å². The molecular weight excluding hydrogens is 668 g/mol. The van der Waals surface area contributed by atoms with Gasteiger partial charge in [-0.2, -0.15) is 0 Å². The van der Waals surface area contributed by atoms with Crippen molar-refractivity contribution in [1.29, 1.82) is 0 Å². The van der Waals surface area contributed by atoms with Gasteiger partial charge in [0.2, 0.25) is 20.0 Å². The first-order chi connectivity index (χ1) is 22.1. The van der Waals surface area contributed by atoms with Crippen molar-refractivity contribution in [2.45, 2.75) is 35.7 Å². The molecule has 240 valence electrons. The maximum Gasteiger partial charge on any atom is 2.00 e. The fourth-order valence-corrected chi connectivity index (χ4v) is 7.50. The summed E-state index contributed by atoms with van der Waals surface area (Å²) in [7, 11) is -7.86. The summed E-state index contributed by atoms with van der Waals surface area (Å²) < 4.78 is 60.1. The standard InChI is InChI=1S/C33H31N2O4S2.C5H5.Fe/c1-24-16-20-28(21-17-24)40(36,37)34-32(26-10-5-3-6-11-26)30-14-9-15-31(30)33(27-12-7-4-8-13-27)35-41(38,39)29-22-18-25(2)19-23-29;1-2-4-5-3-1;/h3-23,32-35H,1-2H3;1-5H;/q;;+2/t32-,33-;;/m0../s1. The fraction of sp³-hybridized carbons (Fsp3) is 0.105. The SMILES string of the molecule is Cc1ccc(S(=O)(=O)N[C@H]([C]2[CH][CH][CH][C]2[C@@H](NS(=O)(=O)c2ccc(C)cc2)c2ccccc2)c2ccccc2)cc1.[CH]1[CH][CH][CH][CH]1.[Fe+2]. The van der Waals surface area contributed by atoms with Gasteiger partial charge in [-0.25, -0.2) is 26.3 Å². The van der Waals surface area contributed by atoms with Gasteiger partial charge in [-0.05, 0) is 101 Å². The van der Waals surface area contributed by atoms with Crippen LogP contribution in [0.25, 0.3) is 0 Å². The van der Waals surface area contributed by atoms with Crippen LogP contribution in [0, 0.1) is 77.0 Å². The molecule has 2 aliphatic rings. The van der Waals surface area contributed by atoms with Crippen molar-refractivity contribution in [3.8, 4) is 0 Å². The first-order valence-electron chi connectivity index (χ1n) is 14.8. The van der Waals surface area contributed by atoms with Gasteiger partial charge < -0.3 is 0 Å². The minimum absolute atomic E-state index is 0. The van der Waals surface area contributed by atoms with E-state index in [1.165, 1.54) is 0 Å². The molecule has 0 aliphatic heterocycles. The Labute approximate surface area is 292 Å². The zero-order valence-electron chi connectivity index (χ0n) is 26.0. The van der Waals surface area contributed by atoms with E-state index in [9.17, 15) is 16.8 Å². The van der Waals surface area contributed by atoms with Crippen LogP contribution in [-0.2, 0) is 37.1 Å². The molecule has 9 heteroatoms. The summed E-state index contributed by atoms with van der Waals surface area (Å²) in [4.78, 5) is 0.300. The average molecular weight is 705 g/mol. The van der Waals surface area contributed by atoms with Gasteiger partial charge in [-0.1, -0.05) is 96.1 Å². The molecule has 0 bridgehead atoms. The number of hydrogen-bond acceptors (Lipinski definition) is 4. The molecule has 2 N–H and O–H groups in total. The van der Waals surface area contributed by atoms with E-state index in [2.05, 4.69) is 9.44 Å². The molecule has 0 aromatic heterocycles. The fourth-order valence-electron chi connectivity index (χ4n) is 5.09. The van der Waals surface area contributed by atoms with E-state index < -0.39 is 32.1 Å². The van der Waals surface area contributed by atoms with E-state index in [1.807, 2.05) is 126 Å². The van der Waals surface area contributed by atoms with Gasteiger partial charge in [0.15, 0.2) is 0 Å². The largest absolute Gasteiger partial charge is 2.00 e. The van der Waals surface area contributed by atoms with Crippen LogP contribution in [0.1, 0.15) is 34.3 Å². The molecule has 47 heavy (non-hydrogen) atoms.